The van der Waals surface area contributed by atoms with Crippen molar-refractivity contribution in [2.45, 2.75) is 6.92 Å². The van der Waals surface area contributed by atoms with Gasteiger partial charge in [0.2, 0.25) is 0 Å². The van der Waals surface area contributed by atoms with Gasteiger partial charge in [-0.3, -0.25) is 4.79 Å². The molecule has 7 heteroatoms. The molecule has 110 valence electrons. The Kier molecular flexibility index (Phi) is 5.14. The first-order valence-electron chi connectivity index (χ1n) is 6.17. The molecule has 0 aliphatic heterocycles. The largest absolute Gasteiger partial charge is 0.370 e. The zero-order valence-corrected chi connectivity index (χ0v) is 13.4. The summed E-state index contributed by atoms with van der Waals surface area (Å²) in [6.07, 6.45) is 1.60. The molecule has 0 bridgehead atoms. The van der Waals surface area contributed by atoms with Crippen LogP contribution in [0.15, 0.2) is 34.9 Å². The summed E-state index contributed by atoms with van der Waals surface area (Å²) in [4.78, 5) is 16.5. The minimum Gasteiger partial charge on any atom is -0.370 e. The van der Waals surface area contributed by atoms with Gasteiger partial charge in [0.05, 0.1) is 16.3 Å². The van der Waals surface area contributed by atoms with E-state index >= 15 is 0 Å². The quantitative estimate of drug-likeness (QED) is 0.840. The van der Waals surface area contributed by atoms with Crippen LogP contribution in [0, 0.1) is 5.82 Å². The predicted molar refractivity (Wildman–Crippen MR) is 85.5 cm³/mol. The lowest BCUT2D eigenvalue weighted by atomic mass is 10.2. The molecular weight excluding hydrogens is 361 g/mol. The maximum atomic E-state index is 13.0. The van der Waals surface area contributed by atoms with Gasteiger partial charge in [-0.1, -0.05) is 11.6 Å². The summed E-state index contributed by atoms with van der Waals surface area (Å²) in [7, 11) is 0. The number of halogens is 3. The van der Waals surface area contributed by atoms with Gasteiger partial charge in [-0.05, 0) is 47.1 Å². The van der Waals surface area contributed by atoms with E-state index in [1.165, 1.54) is 12.1 Å². The van der Waals surface area contributed by atoms with Crippen molar-refractivity contribution < 1.29 is 9.18 Å². The van der Waals surface area contributed by atoms with Gasteiger partial charge < -0.3 is 10.6 Å². The third kappa shape index (κ3) is 3.92. The number of pyridine rings is 1. The van der Waals surface area contributed by atoms with Gasteiger partial charge in [0.15, 0.2) is 0 Å². The molecule has 0 radical (unpaired) electrons. The van der Waals surface area contributed by atoms with Crippen molar-refractivity contribution in [3.63, 3.8) is 0 Å². The van der Waals surface area contributed by atoms with Gasteiger partial charge in [0, 0.05) is 17.2 Å². The fraction of sp³-hybridized carbons (Fsp3) is 0.143. The number of benzene rings is 1. The van der Waals surface area contributed by atoms with Crippen LogP contribution in [-0.2, 0) is 0 Å². The SMILES string of the molecule is CCNc1ncc(Br)cc1C(=O)Nc1ccc(F)cc1Cl. The fourth-order valence-electron chi connectivity index (χ4n) is 1.70. The third-order valence-electron chi connectivity index (χ3n) is 2.62. The van der Waals surface area contributed by atoms with E-state index in [0.717, 1.165) is 6.07 Å². The van der Waals surface area contributed by atoms with Crippen molar-refractivity contribution >= 4 is 44.9 Å². The van der Waals surface area contributed by atoms with Gasteiger partial charge in [0.25, 0.3) is 5.91 Å². The molecule has 0 aliphatic carbocycles. The van der Waals surface area contributed by atoms with Gasteiger partial charge in [-0.25, -0.2) is 9.37 Å². The zero-order valence-electron chi connectivity index (χ0n) is 11.1. The Hall–Kier alpha value is -1.66. The van der Waals surface area contributed by atoms with E-state index in [1.54, 1.807) is 12.3 Å². The average molecular weight is 373 g/mol. The topological polar surface area (TPSA) is 54.0 Å². The van der Waals surface area contributed by atoms with Crippen LogP contribution in [0.1, 0.15) is 17.3 Å². The second-order valence-electron chi connectivity index (χ2n) is 4.16. The molecule has 1 amide bonds. The van der Waals surface area contributed by atoms with Crippen molar-refractivity contribution in [2.75, 3.05) is 17.2 Å². The average Bonchev–Trinajstić information content (AvgIpc) is 2.44. The maximum Gasteiger partial charge on any atom is 0.259 e. The third-order valence-corrected chi connectivity index (χ3v) is 3.37. The van der Waals surface area contributed by atoms with E-state index in [9.17, 15) is 9.18 Å². The van der Waals surface area contributed by atoms with E-state index in [1.807, 2.05) is 6.92 Å². The highest BCUT2D eigenvalue weighted by atomic mass is 79.9. The maximum absolute atomic E-state index is 13.0. The molecule has 2 rings (SSSR count). The lowest BCUT2D eigenvalue weighted by Crippen LogP contribution is -2.16. The van der Waals surface area contributed by atoms with Crippen molar-refractivity contribution in [1.82, 2.24) is 4.98 Å². The number of carbonyl (C=O) groups is 1. The number of hydrogen-bond acceptors (Lipinski definition) is 3. The lowest BCUT2D eigenvalue weighted by Gasteiger charge is -2.11. The van der Waals surface area contributed by atoms with E-state index in [4.69, 9.17) is 11.6 Å². The Morgan fingerprint density at radius 3 is 2.86 bits per heavy atom. The Morgan fingerprint density at radius 1 is 1.43 bits per heavy atom. The highest BCUT2D eigenvalue weighted by Crippen LogP contribution is 2.25. The minimum atomic E-state index is -0.463. The van der Waals surface area contributed by atoms with Crippen LogP contribution in [0.5, 0.6) is 0 Å². The summed E-state index contributed by atoms with van der Waals surface area (Å²) in [6, 6.07) is 5.43. The zero-order chi connectivity index (χ0) is 15.4. The minimum absolute atomic E-state index is 0.135. The van der Waals surface area contributed by atoms with Gasteiger partial charge in [0.1, 0.15) is 11.6 Å². The molecule has 1 heterocycles. The summed E-state index contributed by atoms with van der Waals surface area (Å²) in [6.45, 7) is 2.54. The summed E-state index contributed by atoms with van der Waals surface area (Å²) >= 11 is 9.18. The van der Waals surface area contributed by atoms with Crippen LogP contribution in [-0.4, -0.2) is 17.4 Å². The molecule has 1 aromatic carbocycles. The van der Waals surface area contributed by atoms with Gasteiger partial charge >= 0.3 is 0 Å². The number of rotatable bonds is 4. The number of amides is 1. The highest BCUT2D eigenvalue weighted by Gasteiger charge is 2.15. The number of nitrogens with one attached hydrogen (secondary N) is 2. The molecule has 0 saturated carbocycles. The smallest absolute Gasteiger partial charge is 0.259 e. The Labute approximate surface area is 134 Å². The molecule has 21 heavy (non-hydrogen) atoms. The molecule has 0 unspecified atom stereocenters. The molecule has 4 nitrogen and oxygen atoms in total. The first-order valence-corrected chi connectivity index (χ1v) is 7.34. The van der Waals surface area contributed by atoms with Crippen molar-refractivity contribution in [1.29, 1.82) is 0 Å². The van der Waals surface area contributed by atoms with E-state index in [0.29, 0.717) is 28.1 Å². The first kappa shape index (κ1) is 15.7. The van der Waals surface area contributed by atoms with Crippen molar-refractivity contribution in [2.24, 2.45) is 0 Å². The summed E-state index contributed by atoms with van der Waals surface area (Å²) in [5, 5.41) is 5.78. The molecule has 0 fully saturated rings. The lowest BCUT2D eigenvalue weighted by molar-refractivity contribution is 0.102. The molecular formula is C14H12BrClFN3O. The van der Waals surface area contributed by atoms with Crippen LogP contribution in [0.25, 0.3) is 0 Å². The highest BCUT2D eigenvalue weighted by molar-refractivity contribution is 9.10. The predicted octanol–water partition coefficient (Wildman–Crippen LogP) is 4.32. The number of aromatic nitrogens is 1. The normalized spacial score (nSPS) is 10.3. The van der Waals surface area contributed by atoms with Gasteiger partial charge in [-0.2, -0.15) is 0 Å². The molecule has 2 aromatic rings. The van der Waals surface area contributed by atoms with Crippen molar-refractivity contribution in [3.05, 3.63) is 51.3 Å². The monoisotopic (exact) mass is 371 g/mol. The van der Waals surface area contributed by atoms with E-state index in [-0.39, 0.29) is 10.9 Å². The van der Waals surface area contributed by atoms with E-state index < -0.39 is 5.82 Å². The Balaban J connectivity index is 2.29. The summed E-state index contributed by atoms with van der Waals surface area (Å²) in [5.41, 5.74) is 0.706. The van der Waals surface area contributed by atoms with E-state index in [2.05, 4.69) is 31.5 Å². The number of hydrogen-bond donors (Lipinski definition) is 2. The second-order valence-corrected chi connectivity index (χ2v) is 5.48. The molecule has 2 N–H and O–H groups in total. The molecule has 0 aliphatic rings. The van der Waals surface area contributed by atoms with Crippen LogP contribution >= 0.6 is 27.5 Å². The van der Waals surface area contributed by atoms with Crippen LogP contribution in [0.4, 0.5) is 15.9 Å². The first-order chi connectivity index (χ1) is 10.0. The summed E-state index contributed by atoms with van der Waals surface area (Å²) < 4.78 is 13.7. The molecule has 1 aromatic heterocycles. The Morgan fingerprint density at radius 2 is 2.19 bits per heavy atom. The van der Waals surface area contributed by atoms with Gasteiger partial charge in [-0.15, -0.1) is 0 Å². The fourth-order valence-corrected chi connectivity index (χ4v) is 2.25. The second kappa shape index (κ2) is 6.87. The number of anilines is 2. The summed E-state index contributed by atoms with van der Waals surface area (Å²) in [5.74, 6) is -0.375. The standard InChI is InChI=1S/C14H12BrClFN3O/c1-2-18-13-10(5-8(15)7-19-13)14(21)20-12-4-3-9(17)6-11(12)16/h3-7H,2H2,1H3,(H,18,19)(H,20,21). The van der Waals surface area contributed by atoms with Crippen molar-refractivity contribution in [3.8, 4) is 0 Å². The molecule has 0 atom stereocenters. The molecule has 0 spiro atoms. The molecule has 0 saturated heterocycles. The number of carbonyl (C=O) groups excluding carboxylic acids is 1. The Bertz CT molecular complexity index is 681. The van der Waals surface area contributed by atoms with Crippen LogP contribution in [0.2, 0.25) is 5.02 Å². The van der Waals surface area contributed by atoms with Crippen LogP contribution in [0.3, 0.4) is 0 Å². The van der Waals surface area contributed by atoms with Crippen LogP contribution < -0.4 is 10.6 Å². The number of nitrogens with zero attached hydrogens (tertiary/aromatic N) is 1.